The number of carbonyl (C=O) groups excluding carboxylic acids is 1. The minimum atomic E-state index is 0.524. The molecule has 0 bridgehead atoms. The second-order valence-corrected chi connectivity index (χ2v) is 4.51. The monoisotopic (exact) mass is 233 g/mol. The van der Waals surface area contributed by atoms with Gasteiger partial charge in [-0.15, -0.1) is 11.3 Å². The summed E-state index contributed by atoms with van der Waals surface area (Å²) in [7, 11) is 1.63. The number of rotatable bonds is 3. The average molecular weight is 233 g/mol. The molecule has 0 aliphatic heterocycles. The summed E-state index contributed by atoms with van der Waals surface area (Å²) >= 11 is 1.52. The predicted octanol–water partition coefficient (Wildman–Crippen LogP) is 2.94. The molecule has 0 saturated carbocycles. The van der Waals surface area contributed by atoms with E-state index in [1.807, 2.05) is 31.2 Å². The number of aryl methyl sites for hydroxylation is 1. The van der Waals surface area contributed by atoms with Crippen LogP contribution in [0.2, 0.25) is 0 Å². The molecule has 0 atom stereocenters. The van der Waals surface area contributed by atoms with Gasteiger partial charge in [-0.3, -0.25) is 4.79 Å². The maximum absolute atomic E-state index is 10.7. The standard InChI is InChI=1S/C12H11NO2S/c1-8-11(7-14)13-12(16-8)9-3-5-10(15-2)6-4-9/h3-7H,1-2H3. The number of nitrogens with zero attached hydrogens (tertiary/aromatic N) is 1. The Morgan fingerprint density at radius 2 is 2.00 bits per heavy atom. The number of thiazole rings is 1. The number of aromatic nitrogens is 1. The van der Waals surface area contributed by atoms with Crippen LogP contribution >= 0.6 is 11.3 Å². The van der Waals surface area contributed by atoms with Gasteiger partial charge in [0.15, 0.2) is 6.29 Å². The Morgan fingerprint density at radius 3 is 2.50 bits per heavy atom. The second kappa shape index (κ2) is 4.45. The lowest BCUT2D eigenvalue weighted by Crippen LogP contribution is -1.84. The summed E-state index contributed by atoms with van der Waals surface area (Å²) in [5, 5.41) is 0.863. The molecule has 0 fully saturated rings. The highest BCUT2D eigenvalue weighted by Crippen LogP contribution is 2.28. The number of hydrogen-bond acceptors (Lipinski definition) is 4. The zero-order valence-corrected chi connectivity index (χ0v) is 9.88. The van der Waals surface area contributed by atoms with Crippen molar-refractivity contribution in [3.8, 4) is 16.3 Å². The number of ether oxygens (including phenoxy) is 1. The first-order valence-corrected chi connectivity index (χ1v) is 5.63. The molecule has 1 heterocycles. The first-order valence-electron chi connectivity index (χ1n) is 4.81. The van der Waals surface area contributed by atoms with Crippen LogP contribution in [-0.2, 0) is 0 Å². The Hall–Kier alpha value is -1.68. The van der Waals surface area contributed by atoms with Gasteiger partial charge in [0.1, 0.15) is 16.5 Å². The van der Waals surface area contributed by atoms with Gasteiger partial charge >= 0.3 is 0 Å². The molecule has 3 nitrogen and oxygen atoms in total. The van der Waals surface area contributed by atoms with Crippen molar-refractivity contribution in [2.45, 2.75) is 6.92 Å². The van der Waals surface area contributed by atoms with Gasteiger partial charge < -0.3 is 4.74 Å². The third-order valence-corrected chi connectivity index (χ3v) is 3.32. The number of aldehydes is 1. The van der Waals surface area contributed by atoms with E-state index in [0.717, 1.165) is 27.5 Å². The fraction of sp³-hybridized carbons (Fsp3) is 0.167. The highest BCUT2D eigenvalue weighted by molar-refractivity contribution is 7.15. The molecule has 0 radical (unpaired) electrons. The summed E-state index contributed by atoms with van der Waals surface area (Å²) in [6, 6.07) is 7.64. The van der Waals surface area contributed by atoms with E-state index in [4.69, 9.17) is 4.74 Å². The van der Waals surface area contributed by atoms with E-state index < -0.39 is 0 Å². The predicted molar refractivity (Wildman–Crippen MR) is 64.2 cm³/mol. The number of carbonyl (C=O) groups is 1. The number of methoxy groups -OCH3 is 1. The molecule has 1 aromatic carbocycles. The van der Waals surface area contributed by atoms with Gasteiger partial charge in [0.05, 0.1) is 7.11 Å². The van der Waals surface area contributed by atoms with Gasteiger partial charge in [-0.05, 0) is 31.2 Å². The van der Waals surface area contributed by atoms with Gasteiger partial charge in [-0.25, -0.2) is 4.98 Å². The van der Waals surface area contributed by atoms with E-state index in [9.17, 15) is 4.79 Å². The lowest BCUT2D eigenvalue weighted by atomic mass is 10.2. The summed E-state index contributed by atoms with van der Waals surface area (Å²) in [6.45, 7) is 1.90. The largest absolute Gasteiger partial charge is 0.497 e. The van der Waals surface area contributed by atoms with Crippen LogP contribution in [0.1, 0.15) is 15.4 Å². The first-order chi connectivity index (χ1) is 7.74. The molecular formula is C12H11NO2S. The highest BCUT2D eigenvalue weighted by Gasteiger charge is 2.08. The van der Waals surface area contributed by atoms with Crippen LogP contribution in [0, 0.1) is 6.92 Å². The van der Waals surface area contributed by atoms with Gasteiger partial charge in [-0.2, -0.15) is 0 Å². The molecule has 82 valence electrons. The molecule has 4 heteroatoms. The minimum absolute atomic E-state index is 0.524. The van der Waals surface area contributed by atoms with Crippen LogP contribution in [0.25, 0.3) is 10.6 Å². The molecule has 0 saturated heterocycles. The maximum Gasteiger partial charge on any atom is 0.169 e. The summed E-state index contributed by atoms with van der Waals surface area (Å²) < 4.78 is 5.08. The Balaban J connectivity index is 2.38. The molecule has 0 aliphatic rings. The Bertz CT molecular complexity index is 502. The van der Waals surface area contributed by atoms with Gasteiger partial charge in [-0.1, -0.05) is 0 Å². The van der Waals surface area contributed by atoms with Crippen molar-refractivity contribution in [1.82, 2.24) is 4.98 Å². The van der Waals surface area contributed by atoms with Gasteiger partial charge in [0, 0.05) is 10.4 Å². The SMILES string of the molecule is COc1ccc(-c2nc(C=O)c(C)s2)cc1. The van der Waals surface area contributed by atoms with E-state index in [-0.39, 0.29) is 0 Å². The van der Waals surface area contributed by atoms with E-state index in [0.29, 0.717) is 5.69 Å². The summed E-state index contributed by atoms with van der Waals surface area (Å²) in [4.78, 5) is 15.9. The average Bonchev–Trinajstić information content (AvgIpc) is 2.71. The van der Waals surface area contributed by atoms with E-state index in [1.54, 1.807) is 7.11 Å². The first kappa shape index (κ1) is 10.8. The minimum Gasteiger partial charge on any atom is -0.497 e. The molecule has 16 heavy (non-hydrogen) atoms. The van der Waals surface area contributed by atoms with Crippen molar-refractivity contribution in [2.75, 3.05) is 7.11 Å². The van der Waals surface area contributed by atoms with E-state index in [2.05, 4.69) is 4.98 Å². The Morgan fingerprint density at radius 1 is 1.31 bits per heavy atom. The second-order valence-electron chi connectivity index (χ2n) is 3.31. The smallest absolute Gasteiger partial charge is 0.169 e. The van der Waals surface area contributed by atoms with Gasteiger partial charge in [0.2, 0.25) is 0 Å². The van der Waals surface area contributed by atoms with Crippen LogP contribution in [0.5, 0.6) is 5.75 Å². The lowest BCUT2D eigenvalue weighted by Gasteiger charge is -1.99. The fourth-order valence-corrected chi connectivity index (χ4v) is 2.26. The Labute approximate surface area is 97.7 Å². The normalized spacial score (nSPS) is 10.1. The van der Waals surface area contributed by atoms with Crippen LogP contribution in [-0.4, -0.2) is 18.4 Å². The van der Waals surface area contributed by atoms with E-state index >= 15 is 0 Å². The van der Waals surface area contributed by atoms with Crippen molar-refractivity contribution in [2.24, 2.45) is 0 Å². The third kappa shape index (κ3) is 1.97. The molecule has 0 amide bonds. The summed E-state index contributed by atoms with van der Waals surface area (Å²) in [5.74, 6) is 0.813. The van der Waals surface area contributed by atoms with Crippen LogP contribution in [0.3, 0.4) is 0 Å². The zero-order chi connectivity index (χ0) is 11.5. The van der Waals surface area contributed by atoms with Crippen LogP contribution in [0.15, 0.2) is 24.3 Å². The van der Waals surface area contributed by atoms with Crippen molar-refractivity contribution >= 4 is 17.6 Å². The molecule has 2 rings (SSSR count). The van der Waals surface area contributed by atoms with E-state index in [1.165, 1.54) is 11.3 Å². The van der Waals surface area contributed by atoms with Crippen LogP contribution < -0.4 is 4.74 Å². The quantitative estimate of drug-likeness (QED) is 0.765. The zero-order valence-electron chi connectivity index (χ0n) is 9.06. The number of hydrogen-bond donors (Lipinski definition) is 0. The lowest BCUT2D eigenvalue weighted by molar-refractivity contribution is 0.111. The van der Waals surface area contributed by atoms with Crippen molar-refractivity contribution in [1.29, 1.82) is 0 Å². The molecule has 1 aromatic heterocycles. The summed E-state index contributed by atoms with van der Waals surface area (Å²) in [5.41, 5.74) is 1.53. The molecular weight excluding hydrogens is 222 g/mol. The van der Waals surface area contributed by atoms with Crippen LogP contribution in [0.4, 0.5) is 0 Å². The molecule has 0 unspecified atom stereocenters. The maximum atomic E-state index is 10.7. The molecule has 0 N–H and O–H groups in total. The topological polar surface area (TPSA) is 39.2 Å². The van der Waals surface area contributed by atoms with Gasteiger partial charge in [0.25, 0.3) is 0 Å². The Kier molecular flexibility index (Phi) is 3.01. The third-order valence-electron chi connectivity index (χ3n) is 2.28. The molecule has 2 aromatic rings. The molecule has 0 aliphatic carbocycles. The number of benzene rings is 1. The van der Waals surface area contributed by atoms with Crippen molar-refractivity contribution in [3.63, 3.8) is 0 Å². The van der Waals surface area contributed by atoms with Crippen molar-refractivity contribution in [3.05, 3.63) is 34.8 Å². The van der Waals surface area contributed by atoms with Crippen molar-refractivity contribution < 1.29 is 9.53 Å². The summed E-state index contributed by atoms with van der Waals surface area (Å²) in [6.07, 6.45) is 0.791. The highest BCUT2D eigenvalue weighted by atomic mass is 32.1. The fourth-order valence-electron chi connectivity index (χ4n) is 1.37. The molecule has 0 spiro atoms.